The molecule has 5 aliphatic rings. The lowest BCUT2D eigenvalue weighted by Crippen LogP contribution is -2.60. The molecule has 3 saturated carbocycles. The molecule has 4 nitrogen and oxygen atoms in total. The minimum Gasteiger partial charge on any atom is -0.414 e. The minimum atomic E-state index is -1.99. The molecule has 4 aliphatic carbocycles. The van der Waals surface area contributed by atoms with Crippen molar-refractivity contribution >= 4 is 16.6 Å². The van der Waals surface area contributed by atoms with Gasteiger partial charge >= 0.3 is 0 Å². The fourth-order valence-corrected chi connectivity index (χ4v) is 12.6. The number of fused-ring (bicyclic) bond motifs is 5. The first kappa shape index (κ1) is 35.3. The summed E-state index contributed by atoms with van der Waals surface area (Å²) in [6, 6.07) is 0. The Labute approximate surface area is 274 Å². The van der Waals surface area contributed by atoms with E-state index in [1.807, 2.05) is 0 Å². The average molecular weight is 647 g/mol. The number of ether oxygens (including phenoxy) is 2. The average Bonchev–Trinajstić information content (AvgIpc) is 3.32. The highest BCUT2D eigenvalue weighted by molar-refractivity contribution is 6.74. The van der Waals surface area contributed by atoms with Gasteiger partial charge in [-0.3, -0.25) is 0 Å². The van der Waals surface area contributed by atoms with Gasteiger partial charge in [-0.05, 0) is 131 Å². The van der Waals surface area contributed by atoms with E-state index in [0.717, 1.165) is 31.3 Å². The Hall–Kier alpha value is 0.0138. The molecular weight excluding hydrogens is 577 g/mol. The second-order valence-corrected chi connectivity index (χ2v) is 29.4. The summed E-state index contributed by atoms with van der Waals surface area (Å²) in [7, 11) is -3.87. The molecule has 1 aliphatic heterocycles. The van der Waals surface area contributed by atoms with E-state index in [4.69, 9.17) is 18.3 Å². The molecule has 0 aromatic rings. The third-order valence-electron chi connectivity index (χ3n) is 15.0. The molecule has 6 heteroatoms. The van der Waals surface area contributed by atoms with E-state index in [0.29, 0.717) is 23.4 Å². The van der Waals surface area contributed by atoms with E-state index in [2.05, 4.69) is 108 Å². The zero-order chi connectivity index (χ0) is 32.9. The molecule has 0 bridgehead atoms. The summed E-state index contributed by atoms with van der Waals surface area (Å²) in [6.07, 6.45) is 12.4. The van der Waals surface area contributed by atoms with E-state index in [9.17, 15) is 0 Å². The fraction of sp³-hybridized carbons (Fsp3) is 0.947. The Balaban J connectivity index is 1.41. The third-order valence-corrected chi connectivity index (χ3v) is 24.0. The molecule has 0 aromatic heterocycles. The molecule has 5 rings (SSSR count). The SMILES string of the molecule is C[C@@H](OCC1OC1(C)C)[C@H]1CCC2C3CC=C4C[C@@H](O[Si](C)(C)C(C)(C)C)C[C@H](O[Si](C)(C)C(C)(C)C)[C@]4(C)C3CC[C@@]21C. The first-order valence-corrected chi connectivity index (χ1v) is 24.1. The van der Waals surface area contributed by atoms with Crippen molar-refractivity contribution in [3.05, 3.63) is 11.6 Å². The van der Waals surface area contributed by atoms with Gasteiger partial charge in [0.25, 0.3) is 0 Å². The van der Waals surface area contributed by atoms with Gasteiger partial charge in [-0.2, -0.15) is 0 Å². The van der Waals surface area contributed by atoms with E-state index < -0.39 is 16.6 Å². The van der Waals surface area contributed by atoms with E-state index in [1.54, 1.807) is 5.57 Å². The highest BCUT2D eigenvalue weighted by atomic mass is 28.4. The quantitative estimate of drug-likeness (QED) is 0.149. The Morgan fingerprint density at radius 2 is 1.48 bits per heavy atom. The van der Waals surface area contributed by atoms with Crippen LogP contribution in [0.1, 0.15) is 121 Å². The molecule has 4 unspecified atom stereocenters. The molecule has 1 saturated heterocycles. The van der Waals surface area contributed by atoms with Gasteiger partial charge in [-0.25, -0.2) is 0 Å². The van der Waals surface area contributed by atoms with Crippen LogP contribution in [0.15, 0.2) is 11.6 Å². The van der Waals surface area contributed by atoms with Crippen LogP contribution in [0.5, 0.6) is 0 Å². The number of rotatable bonds is 8. The van der Waals surface area contributed by atoms with Crippen molar-refractivity contribution in [1.82, 2.24) is 0 Å². The molecule has 0 aromatic carbocycles. The van der Waals surface area contributed by atoms with Crippen molar-refractivity contribution in [3.8, 4) is 0 Å². The van der Waals surface area contributed by atoms with Crippen molar-refractivity contribution in [2.24, 2.45) is 34.5 Å². The van der Waals surface area contributed by atoms with Crippen LogP contribution in [-0.2, 0) is 18.3 Å². The summed E-state index contributed by atoms with van der Waals surface area (Å²) in [6.45, 7) is 36.8. The van der Waals surface area contributed by atoms with Gasteiger partial charge in [0.15, 0.2) is 16.6 Å². The van der Waals surface area contributed by atoms with Crippen LogP contribution < -0.4 is 0 Å². The van der Waals surface area contributed by atoms with Crippen LogP contribution in [0.3, 0.4) is 0 Å². The normalized spacial score (nSPS) is 41.3. The second kappa shape index (κ2) is 11.3. The number of epoxide rings is 1. The van der Waals surface area contributed by atoms with Gasteiger partial charge in [0.2, 0.25) is 0 Å². The van der Waals surface area contributed by atoms with Crippen molar-refractivity contribution < 1.29 is 18.3 Å². The maximum Gasteiger partial charge on any atom is 0.192 e. The molecule has 1 heterocycles. The summed E-state index contributed by atoms with van der Waals surface area (Å²) in [5.41, 5.74) is 2.13. The highest BCUT2D eigenvalue weighted by Crippen LogP contribution is 2.67. The van der Waals surface area contributed by atoms with Gasteiger partial charge in [0, 0.05) is 5.41 Å². The zero-order valence-corrected chi connectivity index (χ0v) is 33.5. The predicted molar refractivity (Wildman–Crippen MR) is 189 cm³/mol. The smallest absolute Gasteiger partial charge is 0.192 e. The Kier molecular flexibility index (Phi) is 9.06. The van der Waals surface area contributed by atoms with E-state index in [1.165, 1.54) is 32.1 Å². The third kappa shape index (κ3) is 6.06. The summed E-state index contributed by atoms with van der Waals surface area (Å²) >= 11 is 0. The molecule has 0 radical (unpaired) electrons. The Morgan fingerprint density at radius 1 is 0.886 bits per heavy atom. The Bertz CT molecular complexity index is 1100. The van der Waals surface area contributed by atoms with Gasteiger partial charge in [-0.1, -0.05) is 67.0 Å². The topological polar surface area (TPSA) is 40.2 Å². The van der Waals surface area contributed by atoms with Crippen LogP contribution in [0.4, 0.5) is 0 Å². The zero-order valence-electron chi connectivity index (χ0n) is 31.5. The predicted octanol–water partition coefficient (Wildman–Crippen LogP) is 10.5. The summed E-state index contributed by atoms with van der Waals surface area (Å²) in [5, 5.41) is 0.403. The van der Waals surface area contributed by atoms with Crippen LogP contribution in [0.25, 0.3) is 0 Å². The maximum absolute atomic E-state index is 7.57. The lowest BCUT2D eigenvalue weighted by molar-refractivity contribution is -0.111. The molecule has 10 atom stereocenters. The molecular formula is C38H70O4Si2. The first-order valence-electron chi connectivity index (χ1n) is 18.3. The van der Waals surface area contributed by atoms with Crippen molar-refractivity contribution in [3.63, 3.8) is 0 Å². The molecule has 4 fully saturated rings. The maximum atomic E-state index is 7.57. The lowest BCUT2D eigenvalue weighted by Gasteiger charge is -2.62. The number of hydrogen-bond donors (Lipinski definition) is 0. The second-order valence-electron chi connectivity index (χ2n) is 19.9. The van der Waals surface area contributed by atoms with Crippen molar-refractivity contribution in [2.45, 2.75) is 187 Å². The lowest BCUT2D eigenvalue weighted by atomic mass is 9.46. The van der Waals surface area contributed by atoms with E-state index >= 15 is 0 Å². The van der Waals surface area contributed by atoms with Gasteiger partial charge < -0.3 is 18.3 Å². The monoisotopic (exact) mass is 646 g/mol. The minimum absolute atomic E-state index is 0.000764. The largest absolute Gasteiger partial charge is 0.414 e. The van der Waals surface area contributed by atoms with Crippen molar-refractivity contribution in [2.75, 3.05) is 6.61 Å². The van der Waals surface area contributed by atoms with Gasteiger partial charge in [0.05, 0.1) is 30.5 Å². The molecule has 0 amide bonds. The van der Waals surface area contributed by atoms with Crippen LogP contribution in [0.2, 0.25) is 36.3 Å². The summed E-state index contributed by atoms with van der Waals surface area (Å²) < 4.78 is 27.2. The first-order chi connectivity index (χ1) is 19.9. The standard InChI is InChI=1S/C38H70O4Si2/c1-25(39-24-33-36(8,9)40-33)29-18-19-30-28-17-16-26-22-27(41-43(12,13)34(2,3)4)23-32(42-44(14,15)35(5,6)7)38(26,11)31(28)20-21-37(29,30)10/h16,25,27-33H,17-24H2,1-15H3/t25-,27-,28?,29-,30?,31?,32+,33?,37-,38+/m1/s1. The molecule has 254 valence electrons. The number of hydrogen-bond acceptors (Lipinski definition) is 4. The van der Waals surface area contributed by atoms with Crippen LogP contribution >= 0.6 is 0 Å². The highest BCUT2D eigenvalue weighted by Gasteiger charge is 2.63. The van der Waals surface area contributed by atoms with Gasteiger partial charge in [-0.15, -0.1) is 0 Å². The Morgan fingerprint density at radius 3 is 2.05 bits per heavy atom. The summed E-state index contributed by atoms with van der Waals surface area (Å²) in [5.74, 6) is 2.85. The van der Waals surface area contributed by atoms with Crippen LogP contribution in [0, 0.1) is 34.5 Å². The van der Waals surface area contributed by atoms with Crippen molar-refractivity contribution in [1.29, 1.82) is 0 Å². The van der Waals surface area contributed by atoms with Crippen LogP contribution in [-0.4, -0.2) is 53.3 Å². The summed E-state index contributed by atoms with van der Waals surface area (Å²) in [4.78, 5) is 0. The van der Waals surface area contributed by atoms with Gasteiger partial charge in [0.1, 0.15) is 6.10 Å². The fourth-order valence-electron chi connectivity index (χ4n) is 9.78. The number of allylic oxidation sites excluding steroid dienone is 1. The molecule has 0 spiro atoms. The van der Waals surface area contributed by atoms with E-state index in [-0.39, 0.29) is 39.4 Å². The molecule has 0 N–H and O–H groups in total. The molecule has 44 heavy (non-hydrogen) atoms.